The van der Waals surface area contributed by atoms with Crippen LogP contribution < -0.4 is 9.64 Å². The van der Waals surface area contributed by atoms with Crippen LogP contribution in [0.1, 0.15) is 18.2 Å². The smallest absolute Gasteiger partial charge is 0.230 e. The molecule has 3 aromatic rings. The van der Waals surface area contributed by atoms with E-state index in [9.17, 15) is 4.79 Å². The van der Waals surface area contributed by atoms with Crippen LogP contribution in [0.2, 0.25) is 5.02 Å². The molecule has 1 heterocycles. The Morgan fingerprint density at radius 1 is 1.18 bits per heavy atom. The molecule has 1 amide bonds. The average Bonchev–Trinajstić information content (AvgIpc) is 3.10. The Labute approximate surface area is 174 Å². The lowest BCUT2D eigenvalue weighted by molar-refractivity contribution is -0.115. The molecule has 2 aromatic carbocycles. The molecule has 1 aromatic heterocycles. The number of nitrogens with zero attached hydrogens (tertiary/aromatic N) is 3. The van der Waals surface area contributed by atoms with E-state index in [2.05, 4.69) is 22.0 Å². The number of anilines is 2. The van der Waals surface area contributed by atoms with Gasteiger partial charge in [0.15, 0.2) is 5.13 Å². The minimum absolute atomic E-state index is 0.102. The molecule has 28 heavy (non-hydrogen) atoms. The lowest BCUT2D eigenvalue weighted by atomic mass is 10.2. The fraction of sp³-hybridized carbons (Fsp3) is 0.238. The molecule has 0 radical (unpaired) electrons. The predicted molar refractivity (Wildman–Crippen MR) is 115 cm³/mol. The molecule has 0 unspecified atom stereocenters. The molecular weight excluding hydrogens is 394 g/mol. The number of carbonyl (C=O) groups is 1. The maximum Gasteiger partial charge on any atom is 0.230 e. The molecule has 0 aliphatic heterocycles. The van der Waals surface area contributed by atoms with Crippen molar-refractivity contribution in [2.75, 3.05) is 19.1 Å². The van der Waals surface area contributed by atoms with E-state index in [1.807, 2.05) is 36.7 Å². The molecule has 0 aliphatic rings. The van der Waals surface area contributed by atoms with Crippen LogP contribution in [0.3, 0.4) is 0 Å². The van der Waals surface area contributed by atoms with Gasteiger partial charge in [0.2, 0.25) is 5.91 Å². The average molecular weight is 416 g/mol. The first-order valence-electron chi connectivity index (χ1n) is 8.78. The second-order valence-corrected chi connectivity index (χ2v) is 7.75. The van der Waals surface area contributed by atoms with Crippen molar-refractivity contribution in [2.45, 2.75) is 20.0 Å². The highest BCUT2D eigenvalue weighted by molar-refractivity contribution is 7.14. The molecule has 0 saturated heterocycles. The van der Waals surface area contributed by atoms with E-state index < -0.39 is 0 Å². The summed E-state index contributed by atoms with van der Waals surface area (Å²) >= 11 is 7.53. The van der Waals surface area contributed by atoms with Gasteiger partial charge in [-0.2, -0.15) is 0 Å². The summed E-state index contributed by atoms with van der Waals surface area (Å²) in [6.45, 7) is 3.00. The second kappa shape index (κ2) is 9.19. The summed E-state index contributed by atoms with van der Waals surface area (Å²) in [6, 6.07) is 15.2. The van der Waals surface area contributed by atoms with Gasteiger partial charge in [0, 0.05) is 30.4 Å². The topological polar surface area (TPSA) is 45.7 Å². The van der Waals surface area contributed by atoms with Crippen LogP contribution in [0, 0.1) is 0 Å². The quantitative estimate of drug-likeness (QED) is 0.537. The second-order valence-electron chi connectivity index (χ2n) is 6.48. The van der Waals surface area contributed by atoms with Gasteiger partial charge in [0.1, 0.15) is 5.75 Å². The summed E-state index contributed by atoms with van der Waals surface area (Å²) < 4.78 is 5.20. The van der Waals surface area contributed by atoms with E-state index in [0.717, 1.165) is 18.0 Å². The third-order valence-corrected chi connectivity index (χ3v) is 5.27. The minimum atomic E-state index is -0.102. The number of aromatic nitrogens is 1. The number of benzene rings is 2. The van der Waals surface area contributed by atoms with E-state index in [-0.39, 0.29) is 5.91 Å². The first kappa shape index (κ1) is 20.3. The summed E-state index contributed by atoms with van der Waals surface area (Å²) in [5.41, 5.74) is 2.83. The van der Waals surface area contributed by atoms with Crippen molar-refractivity contribution < 1.29 is 9.53 Å². The van der Waals surface area contributed by atoms with Gasteiger partial charge < -0.3 is 4.74 Å². The standard InChI is InChI=1S/C21H22ClN3O2S/c1-15(26)25(19-6-4-5-17(22)11-19)21-23-18(14-28-21)13-24(2)12-16-7-9-20(27-3)10-8-16/h4-11,14H,12-13H2,1-3H3. The van der Waals surface area contributed by atoms with Gasteiger partial charge in [0.25, 0.3) is 0 Å². The van der Waals surface area contributed by atoms with Crippen molar-refractivity contribution in [1.82, 2.24) is 9.88 Å². The number of hydrogen-bond donors (Lipinski definition) is 0. The van der Waals surface area contributed by atoms with E-state index >= 15 is 0 Å². The first-order valence-corrected chi connectivity index (χ1v) is 10.0. The Morgan fingerprint density at radius 3 is 2.57 bits per heavy atom. The van der Waals surface area contributed by atoms with Crippen molar-refractivity contribution in [3.05, 3.63) is 70.2 Å². The van der Waals surface area contributed by atoms with E-state index in [1.54, 1.807) is 24.1 Å². The monoisotopic (exact) mass is 415 g/mol. The molecule has 3 rings (SSSR count). The molecule has 146 valence electrons. The fourth-order valence-electron chi connectivity index (χ4n) is 2.89. The molecule has 7 heteroatoms. The van der Waals surface area contributed by atoms with Crippen LogP contribution in [0.15, 0.2) is 53.9 Å². The van der Waals surface area contributed by atoms with Crippen molar-refractivity contribution in [2.24, 2.45) is 0 Å². The van der Waals surface area contributed by atoms with E-state index in [0.29, 0.717) is 22.4 Å². The van der Waals surface area contributed by atoms with Gasteiger partial charge in [-0.25, -0.2) is 4.98 Å². The number of ether oxygens (including phenoxy) is 1. The highest BCUT2D eigenvalue weighted by atomic mass is 35.5. The Balaban J connectivity index is 1.70. The lowest BCUT2D eigenvalue weighted by Gasteiger charge is -2.18. The maximum atomic E-state index is 12.2. The van der Waals surface area contributed by atoms with Gasteiger partial charge in [-0.15, -0.1) is 11.3 Å². The summed E-state index contributed by atoms with van der Waals surface area (Å²) in [5, 5.41) is 3.21. The van der Waals surface area contributed by atoms with E-state index in [1.165, 1.54) is 23.8 Å². The number of thiazole rings is 1. The van der Waals surface area contributed by atoms with Crippen molar-refractivity contribution in [3.63, 3.8) is 0 Å². The van der Waals surface area contributed by atoms with Crippen molar-refractivity contribution in [1.29, 1.82) is 0 Å². The Kier molecular flexibility index (Phi) is 6.67. The van der Waals surface area contributed by atoms with Crippen LogP contribution in [-0.2, 0) is 17.9 Å². The number of hydrogen-bond acceptors (Lipinski definition) is 5. The maximum absolute atomic E-state index is 12.2. The van der Waals surface area contributed by atoms with Crippen LogP contribution in [0.25, 0.3) is 0 Å². The van der Waals surface area contributed by atoms with Gasteiger partial charge in [-0.3, -0.25) is 14.6 Å². The van der Waals surface area contributed by atoms with E-state index in [4.69, 9.17) is 16.3 Å². The minimum Gasteiger partial charge on any atom is -0.497 e. The van der Waals surface area contributed by atoms with Crippen molar-refractivity contribution in [3.8, 4) is 5.75 Å². The van der Waals surface area contributed by atoms with Gasteiger partial charge >= 0.3 is 0 Å². The first-order chi connectivity index (χ1) is 13.5. The molecule has 0 fully saturated rings. The number of methoxy groups -OCH3 is 1. The molecule has 0 atom stereocenters. The third-order valence-electron chi connectivity index (χ3n) is 4.16. The predicted octanol–water partition coefficient (Wildman–Crippen LogP) is 5.12. The summed E-state index contributed by atoms with van der Waals surface area (Å²) in [7, 11) is 3.71. The van der Waals surface area contributed by atoms with Crippen LogP contribution in [0.4, 0.5) is 10.8 Å². The zero-order chi connectivity index (χ0) is 20.1. The third kappa shape index (κ3) is 5.10. The van der Waals surface area contributed by atoms with Gasteiger partial charge in [-0.05, 0) is 42.9 Å². The Morgan fingerprint density at radius 2 is 1.93 bits per heavy atom. The molecule has 0 saturated carbocycles. The number of halogens is 1. The number of rotatable bonds is 7. The molecule has 0 aliphatic carbocycles. The van der Waals surface area contributed by atoms with Crippen LogP contribution >= 0.6 is 22.9 Å². The Bertz CT molecular complexity index is 943. The van der Waals surface area contributed by atoms with Crippen molar-refractivity contribution >= 4 is 39.7 Å². The molecular formula is C21H22ClN3O2S. The fourth-order valence-corrected chi connectivity index (χ4v) is 3.95. The summed E-state index contributed by atoms with van der Waals surface area (Å²) in [6.07, 6.45) is 0. The lowest BCUT2D eigenvalue weighted by Crippen LogP contribution is -2.23. The largest absolute Gasteiger partial charge is 0.497 e. The SMILES string of the molecule is COc1ccc(CN(C)Cc2csc(N(C(C)=O)c3cccc(Cl)c3)n2)cc1. The highest BCUT2D eigenvalue weighted by Gasteiger charge is 2.18. The zero-order valence-electron chi connectivity index (χ0n) is 16.1. The normalized spacial score (nSPS) is 10.9. The molecule has 0 spiro atoms. The molecule has 0 N–H and O–H groups in total. The summed E-state index contributed by atoms with van der Waals surface area (Å²) in [5.74, 6) is 0.746. The van der Waals surface area contributed by atoms with Crippen LogP contribution in [0.5, 0.6) is 5.75 Å². The molecule has 5 nitrogen and oxygen atoms in total. The Hall–Kier alpha value is -2.41. The van der Waals surface area contributed by atoms with Crippen LogP contribution in [-0.4, -0.2) is 29.9 Å². The summed E-state index contributed by atoms with van der Waals surface area (Å²) in [4.78, 5) is 20.6. The molecule has 0 bridgehead atoms. The zero-order valence-corrected chi connectivity index (χ0v) is 17.6. The highest BCUT2D eigenvalue weighted by Crippen LogP contribution is 2.30. The number of amides is 1. The van der Waals surface area contributed by atoms with Gasteiger partial charge in [0.05, 0.1) is 18.5 Å². The number of carbonyl (C=O) groups excluding carboxylic acids is 1. The van der Waals surface area contributed by atoms with Gasteiger partial charge in [-0.1, -0.05) is 29.8 Å².